The van der Waals surface area contributed by atoms with E-state index in [2.05, 4.69) is 40.8 Å². The number of nitrogens with zero attached hydrogens (tertiary/aromatic N) is 5. The summed E-state index contributed by atoms with van der Waals surface area (Å²) in [4.78, 5) is 0. The second-order valence-corrected chi connectivity index (χ2v) is 4.25. The molecular formula is C12H20N6. The maximum atomic E-state index is 4.49. The molecule has 2 aromatic heterocycles. The molecule has 1 atom stereocenters. The highest BCUT2D eigenvalue weighted by Crippen LogP contribution is 2.23. The Kier molecular flexibility index (Phi) is 3.76. The molecule has 0 aliphatic carbocycles. The van der Waals surface area contributed by atoms with Crippen molar-refractivity contribution >= 4 is 0 Å². The molecule has 98 valence electrons. The number of aromatic nitrogens is 5. The molecule has 0 radical (unpaired) electrons. The van der Waals surface area contributed by atoms with Crippen LogP contribution in [0.3, 0.4) is 0 Å². The van der Waals surface area contributed by atoms with Gasteiger partial charge in [-0.25, -0.2) is 4.68 Å². The molecule has 6 heteroatoms. The van der Waals surface area contributed by atoms with Crippen LogP contribution in [0.15, 0.2) is 12.4 Å². The lowest BCUT2D eigenvalue weighted by molar-refractivity contribution is 0.550. The zero-order chi connectivity index (χ0) is 13.1. The predicted molar refractivity (Wildman–Crippen MR) is 69.2 cm³/mol. The molecule has 0 fully saturated rings. The second kappa shape index (κ2) is 5.30. The molecule has 0 aliphatic heterocycles. The van der Waals surface area contributed by atoms with E-state index in [0.717, 1.165) is 24.4 Å². The quantitative estimate of drug-likeness (QED) is 0.854. The Labute approximate surface area is 107 Å². The van der Waals surface area contributed by atoms with E-state index < -0.39 is 0 Å². The second-order valence-electron chi connectivity index (χ2n) is 4.25. The van der Waals surface area contributed by atoms with E-state index in [1.807, 2.05) is 29.7 Å². The van der Waals surface area contributed by atoms with Crippen LogP contribution >= 0.6 is 0 Å². The summed E-state index contributed by atoms with van der Waals surface area (Å²) in [5, 5.41) is 15.9. The van der Waals surface area contributed by atoms with Crippen LogP contribution in [0.25, 0.3) is 0 Å². The van der Waals surface area contributed by atoms with Gasteiger partial charge >= 0.3 is 0 Å². The summed E-state index contributed by atoms with van der Waals surface area (Å²) in [5.74, 6) is 0. The van der Waals surface area contributed by atoms with Crippen LogP contribution in [0.2, 0.25) is 0 Å². The summed E-state index contributed by atoms with van der Waals surface area (Å²) in [5.41, 5.74) is 3.38. The fraction of sp³-hybridized carbons (Fsp3) is 0.583. The highest BCUT2D eigenvalue weighted by molar-refractivity contribution is 5.28. The van der Waals surface area contributed by atoms with Gasteiger partial charge in [-0.3, -0.25) is 4.68 Å². The van der Waals surface area contributed by atoms with Gasteiger partial charge in [0.2, 0.25) is 0 Å². The molecule has 0 aliphatic rings. The van der Waals surface area contributed by atoms with Gasteiger partial charge in [0.25, 0.3) is 0 Å². The van der Waals surface area contributed by atoms with Gasteiger partial charge in [0.05, 0.1) is 23.6 Å². The van der Waals surface area contributed by atoms with E-state index in [1.54, 1.807) is 0 Å². The molecule has 0 aromatic carbocycles. The lowest BCUT2D eigenvalue weighted by atomic mass is 10.0. The third-order valence-electron chi connectivity index (χ3n) is 3.12. The van der Waals surface area contributed by atoms with Crippen molar-refractivity contribution in [2.24, 2.45) is 7.05 Å². The van der Waals surface area contributed by atoms with Crippen molar-refractivity contribution < 1.29 is 0 Å². The fourth-order valence-electron chi connectivity index (χ4n) is 2.27. The summed E-state index contributed by atoms with van der Waals surface area (Å²) in [7, 11) is 3.90. The zero-order valence-electron chi connectivity index (χ0n) is 11.4. The fourth-order valence-corrected chi connectivity index (χ4v) is 2.27. The predicted octanol–water partition coefficient (Wildman–Crippen LogP) is 0.903. The lowest BCUT2D eigenvalue weighted by Gasteiger charge is -2.16. The number of aryl methyl sites for hydroxylation is 3. The van der Waals surface area contributed by atoms with Crippen molar-refractivity contribution in [1.29, 1.82) is 0 Å². The van der Waals surface area contributed by atoms with Gasteiger partial charge in [-0.15, -0.1) is 5.10 Å². The number of hydrogen-bond acceptors (Lipinski definition) is 4. The molecule has 0 saturated carbocycles. The summed E-state index contributed by atoms with van der Waals surface area (Å²) < 4.78 is 3.77. The monoisotopic (exact) mass is 248 g/mol. The van der Waals surface area contributed by atoms with Gasteiger partial charge in [-0.1, -0.05) is 12.1 Å². The van der Waals surface area contributed by atoms with Crippen molar-refractivity contribution in [1.82, 2.24) is 30.1 Å². The summed E-state index contributed by atoms with van der Waals surface area (Å²) in [6.07, 6.45) is 4.80. The highest BCUT2D eigenvalue weighted by atomic mass is 15.4. The SMILES string of the molecule is CCc1nn(C)cc1C(NC)c1cnnn1CC. The van der Waals surface area contributed by atoms with Gasteiger partial charge in [-0.05, 0) is 20.4 Å². The van der Waals surface area contributed by atoms with Crippen LogP contribution in [0, 0.1) is 0 Å². The third-order valence-corrected chi connectivity index (χ3v) is 3.12. The first-order chi connectivity index (χ1) is 8.71. The normalized spacial score (nSPS) is 12.9. The van der Waals surface area contributed by atoms with Crippen molar-refractivity contribution in [3.05, 3.63) is 29.3 Å². The number of hydrogen-bond donors (Lipinski definition) is 1. The molecule has 2 aromatic rings. The van der Waals surface area contributed by atoms with Crippen LogP contribution in [0.4, 0.5) is 0 Å². The van der Waals surface area contributed by atoms with Crippen LogP contribution in [0.5, 0.6) is 0 Å². The average Bonchev–Trinajstić information content (AvgIpc) is 2.97. The maximum Gasteiger partial charge on any atom is 0.0803 e. The number of nitrogens with one attached hydrogen (secondary N) is 1. The minimum atomic E-state index is 0.0867. The molecule has 6 nitrogen and oxygen atoms in total. The molecular weight excluding hydrogens is 228 g/mol. The molecule has 1 N–H and O–H groups in total. The Hall–Kier alpha value is -1.69. The van der Waals surface area contributed by atoms with Crippen molar-refractivity contribution in [3.63, 3.8) is 0 Å². The van der Waals surface area contributed by atoms with Crippen LogP contribution in [-0.4, -0.2) is 31.8 Å². The van der Waals surface area contributed by atoms with Crippen molar-refractivity contribution in [3.8, 4) is 0 Å². The Morgan fingerprint density at radius 1 is 1.39 bits per heavy atom. The van der Waals surface area contributed by atoms with Crippen LogP contribution in [0.1, 0.15) is 36.8 Å². The molecule has 2 rings (SSSR count). The van der Waals surface area contributed by atoms with Crippen LogP contribution in [-0.2, 0) is 20.0 Å². The minimum Gasteiger partial charge on any atom is -0.308 e. The van der Waals surface area contributed by atoms with E-state index in [4.69, 9.17) is 0 Å². The van der Waals surface area contributed by atoms with Crippen molar-refractivity contribution in [2.45, 2.75) is 32.9 Å². The average molecular weight is 248 g/mol. The van der Waals surface area contributed by atoms with Crippen molar-refractivity contribution in [2.75, 3.05) is 7.05 Å². The molecule has 0 amide bonds. The molecule has 18 heavy (non-hydrogen) atoms. The Balaban J connectivity index is 2.44. The lowest BCUT2D eigenvalue weighted by Crippen LogP contribution is -2.22. The van der Waals surface area contributed by atoms with Crippen LogP contribution < -0.4 is 5.32 Å². The molecule has 0 spiro atoms. The smallest absolute Gasteiger partial charge is 0.0803 e. The summed E-state index contributed by atoms with van der Waals surface area (Å²) in [6.45, 7) is 5.00. The number of rotatable bonds is 5. The van der Waals surface area contributed by atoms with Gasteiger partial charge < -0.3 is 5.32 Å². The standard InChI is InChI=1S/C12H20N6/c1-5-10-9(8-17(4)15-10)12(13-3)11-7-14-16-18(11)6-2/h7-8,12-13H,5-6H2,1-4H3. The van der Waals surface area contributed by atoms with E-state index in [1.165, 1.54) is 5.56 Å². The first-order valence-corrected chi connectivity index (χ1v) is 6.29. The maximum absolute atomic E-state index is 4.49. The topological polar surface area (TPSA) is 60.6 Å². The first-order valence-electron chi connectivity index (χ1n) is 6.29. The Bertz CT molecular complexity index is 512. The van der Waals surface area contributed by atoms with Gasteiger partial charge in [0.1, 0.15) is 0 Å². The van der Waals surface area contributed by atoms with E-state index in [0.29, 0.717) is 0 Å². The molecule has 2 heterocycles. The minimum absolute atomic E-state index is 0.0867. The van der Waals surface area contributed by atoms with E-state index in [9.17, 15) is 0 Å². The van der Waals surface area contributed by atoms with Gasteiger partial charge in [0, 0.05) is 25.4 Å². The largest absolute Gasteiger partial charge is 0.308 e. The Morgan fingerprint density at radius 3 is 2.78 bits per heavy atom. The first kappa shape index (κ1) is 12.8. The van der Waals surface area contributed by atoms with E-state index in [-0.39, 0.29) is 6.04 Å². The van der Waals surface area contributed by atoms with Gasteiger partial charge in [0.15, 0.2) is 0 Å². The zero-order valence-corrected chi connectivity index (χ0v) is 11.4. The molecule has 0 saturated heterocycles. The summed E-state index contributed by atoms with van der Waals surface area (Å²) in [6, 6.07) is 0.0867. The summed E-state index contributed by atoms with van der Waals surface area (Å²) >= 11 is 0. The highest BCUT2D eigenvalue weighted by Gasteiger charge is 2.21. The third kappa shape index (κ3) is 2.15. The van der Waals surface area contributed by atoms with E-state index >= 15 is 0 Å². The van der Waals surface area contributed by atoms with Gasteiger partial charge in [-0.2, -0.15) is 5.10 Å². The molecule has 0 bridgehead atoms. The molecule has 1 unspecified atom stereocenters. The Morgan fingerprint density at radius 2 is 2.17 bits per heavy atom.